The van der Waals surface area contributed by atoms with Crippen LogP contribution in [0.5, 0.6) is 0 Å². The first-order valence-corrected chi connectivity index (χ1v) is 4.92. The molecule has 86 valence electrons. The second-order valence-corrected chi connectivity index (χ2v) is 3.81. The molecule has 3 N–H and O–H groups in total. The molecular formula is C9H17N3O3. The Bertz CT molecular complexity index is 267. The topological polar surface area (TPSA) is 88.2 Å². The SMILES string of the molecule is C[C@@H]1CN(C(=O)C/C(N)=N\O)[C@@H](C)CO1. The summed E-state index contributed by atoms with van der Waals surface area (Å²) in [6.07, 6.45) is -0.00876. The average molecular weight is 215 g/mol. The summed E-state index contributed by atoms with van der Waals surface area (Å²) in [5.41, 5.74) is 5.28. The van der Waals surface area contributed by atoms with Gasteiger partial charge in [-0.15, -0.1) is 0 Å². The van der Waals surface area contributed by atoms with Gasteiger partial charge in [0, 0.05) is 6.54 Å². The number of amidine groups is 1. The van der Waals surface area contributed by atoms with Gasteiger partial charge in [-0.05, 0) is 13.8 Å². The molecule has 0 radical (unpaired) electrons. The number of rotatable bonds is 2. The highest BCUT2D eigenvalue weighted by Crippen LogP contribution is 2.12. The third-order valence-electron chi connectivity index (χ3n) is 2.39. The predicted octanol–water partition coefficient (Wildman–Crippen LogP) is -0.241. The maximum Gasteiger partial charge on any atom is 0.230 e. The van der Waals surface area contributed by atoms with Crippen LogP contribution in [0, 0.1) is 0 Å². The second-order valence-electron chi connectivity index (χ2n) is 3.81. The zero-order valence-corrected chi connectivity index (χ0v) is 9.01. The maximum absolute atomic E-state index is 11.7. The van der Waals surface area contributed by atoms with Crippen molar-refractivity contribution in [3.63, 3.8) is 0 Å². The van der Waals surface area contributed by atoms with Gasteiger partial charge in [0.05, 0.1) is 25.2 Å². The van der Waals surface area contributed by atoms with Gasteiger partial charge in [0.1, 0.15) is 5.84 Å². The van der Waals surface area contributed by atoms with Gasteiger partial charge < -0.3 is 20.6 Å². The molecule has 1 rings (SSSR count). The van der Waals surface area contributed by atoms with E-state index in [2.05, 4.69) is 5.16 Å². The third kappa shape index (κ3) is 3.09. The van der Waals surface area contributed by atoms with Gasteiger partial charge in [0.25, 0.3) is 0 Å². The highest BCUT2D eigenvalue weighted by Gasteiger charge is 2.27. The number of carbonyl (C=O) groups is 1. The van der Waals surface area contributed by atoms with E-state index in [1.807, 2.05) is 13.8 Å². The van der Waals surface area contributed by atoms with E-state index in [0.29, 0.717) is 13.2 Å². The zero-order chi connectivity index (χ0) is 11.4. The van der Waals surface area contributed by atoms with Gasteiger partial charge in [-0.1, -0.05) is 5.16 Å². The van der Waals surface area contributed by atoms with Crippen LogP contribution in [0.15, 0.2) is 5.16 Å². The van der Waals surface area contributed by atoms with Crippen LogP contribution in [-0.2, 0) is 9.53 Å². The molecule has 0 spiro atoms. The van der Waals surface area contributed by atoms with Crippen molar-refractivity contribution in [2.24, 2.45) is 10.9 Å². The summed E-state index contributed by atoms with van der Waals surface area (Å²) in [6.45, 7) is 4.91. The minimum Gasteiger partial charge on any atom is -0.409 e. The summed E-state index contributed by atoms with van der Waals surface area (Å²) < 4.78 is 5.40. The summed E-state index contributed by atoms with van der Waals surface area (Å²) in [5.74, 6) is -0.195. The van der Waals surface area contributed by atoms with E-state index in [-0.39, 0.29) is 30.3 Å². The van der Waals surface area contributed by atoms with Crippen molar-refractivity contribution in [2.75, 3.05) is 13.2 Å². The fourth-order valence-corrected chi connectivity index (χ4v) is 1.54. The Balaban J connectivity index is 2.57. The van der Waals surface area contributed by atoms with E-state index in [9.17, 15) is 4.79 Å². The second kappa shape index (κ2) is 4.97. The molecule has 1 amide bonds. The molecule has 0 aromatic heterocycles. The van der Waals surface area contributed by atoms with Gasteiger partial charge in [0.2, 0.25) is 5.91 Å². The molecule has 0 bridgehead atoms. The number of hydrogen-bond acceptors (Lipinski definition) is 4. The van der Waals surface area contributed by atoms with Gasteiger partial charge in [-0.2, -0.15) is 0 Å². The van der Waals surface area contributed by atoms with E-state index < -0.39 is 0 Å². The molecule has 0 aliphatic carbocycles. The van der Waals surface area contributed by atoms with E-state index >= 15 is 0 Å². The highest BCUT2D eigenvalue weighted by atomic mass is 16.5. The molecule has 2 atom stereocenters. The van der Waals surface area contributed by atoms with Crippen molar-refractivity contribution in [1.82, 2.24) is 4.90 Å². The van der Waals surface area contributed by atoms with Gasteiger partial charge in [0.15, 0.2) is 0 Å². The normalized spacial score (nSPS) is 27.9. The Labute approximate surface area is 88.7 Å². The monoisotopic (exact) mass is 215 g/mol. The summed E-state index contributed by atoms with van der Waals surface area (Å²) >= 11 is 0. The number of amides is 1. The number of nitrogens with two attached hydrogens (primary N) is 1. The van der Waals surface area contributed by atoms with Crippen molar-refractivity contribution in [1.29, 1.82) is 0 Å². The van der Waals surface area contributed by atoms with Crippen LogP contribution >= 0.6 is 0 Å². The van der Waals surface area contributed by atoms with E-state index in [1.165, 1.54) is 0 Å². The fourth-order valence-electron chi connectivity index (χ4n) is 1.54. The lowest BCUT2D eigenvalue weighted by atomic mass is 10.2. The van der Waals surface area contributed by atoms with Crippen LogP contribution in [0.2, 0.25) is 0 Å². The van der Waals surface area contributed by atoms with Gasteiger partial charge >= 0.3 is 0 Å². The van der Waals surface area contributed by atoms with Crippen LogP contribution in [0.25, 0.3) is 0 Å². The number of oxime groups is 1. The van der Waals surface area contributed by atoms with Crippen molar-refractivity contribution < 1.29 is 14.7 Å². The summed E-state index contributed by atoms with van der Waals surface area (Å²) in [4.78, 5) is 13.4. The van der Waals surface area contributed by atoms with Crippen molar-refractivity contribution >= 4 is 11.7 Å². The fraction of sp³-hybridized carbons (Fsp3) is 0.778. The summed E-state index contributed by atoms with van der Waals surface area (Å²) in [6, 6.07) is 0.0418. The number of nitrogens with zero attached hydrogens (tertiary/aromatic N) is 2. The minimum atomic E-state index is -0.132. The molecule has 1 heterocycles. The van der Waals surface area contributed by atoms with E-state index in [0.717, 1.165) is 0 Å². The predicted molar refractivity (Wildman–Crippen MR) is 54.6 cm³/mol. The summed E-state index contributed by atoms with van der Waals surface area (Å²) in [5, 5.41) is 11.2. The first-order chi connectivity index (χ1) is 7.04. The molecule has 1 aliphatic rings. The first-order valence-electron chi connectivity index (χ1n) is 4.92. The molecule has 0 saturated carbocycles. The van der Waals surface area contributed by atoms with Crippen molar-refractivity contribution in [3.8, 4) is 0 Å². The quantitative estimate of drug-likeness (QED) is 0.288. The van der Waals surface area contributed by atoms with Crippen LogP contribution in [0.1, 0.15) is 20.3 Å². The lowest BCUT2D eigenvalue weighted by Crippen LogP contribution is -2.50. The van der Waals surface area contributed by atoms with Gasteiger partial charge in [-0.3, -0.25) is 4.79 Å². The van der Waals surface area contributed by atoms with Crippen molar-refractivity contribution in [3.05, 3.63) is 0 Å². The molecular weight excluding hydrogens is 198 g/mol. The van der Waals surface area contributed by atoms with E-state index in [1.54, 1.807) is 4.90 Å². The Kier molecular flexibility index (Phi) is 3.90. The highest BCUT2D eigenvalue weighted by molar-refractivity contribution is 5.98. The van der Waals surface area contributed by atoms with Crippen LogP contribution in [0.3, 0.4) is 0 Å². The molecule has 15 heavy (non-hydrogen) atoms. The lowest BCUT2D eigenvalue weighted by molar-refractivity contribution is -0.141. The van der Waals surface area contributed by atoms with Crippen molar-refractivity contribution in [2.45, 2.75) is 32.4 Å². The molecule has 6 nitrogen and oxygen atoms in total. The number of morpholine rings is 1. The average Bonchev–Trinajstić information content (AvgIpc) is 2.21. The molecule has 0 unspecified atom stereocenters. The molecule has 1 aliphatic heterocycles. The molecule has 0 aromatic carbocycles. The maximum atomic E-state index is 11.7. The molecule has 1 fully saturated rings. The van der Waals surface area contributed by atoms with Crippen LogP contribution in [0.4, 0.5) is 0 Å². The Hall–Kier alpha value is -1.30. The number of hydrogen-bond donors (Lipinski definition) is 2. The Morgan fingerprint density at radius 1 is 1.67 bits per heavy atom. The summed E-state index contributed by atoms with van der Waals surface area (Å²) in [7, 11) is 0. The Morgan fingerprint density at radius 2 is 2.33 bits per heavy atom. The lowest BCUT2D eigenvalue weighted by Gasteiger charge is -2.36. The first kappa shape index (κ1) is 11.8. The van der Waals surface area contributed by atoms with Crippen LogP contribution < -0.4 is 5.73 Å². The number of carbonyl (C=O) groups excluding carboxylic acids is 1. The minimum absolute atomic E-state index is 0.0393. The van der Waals surface area contributed by atoms with Crippen LogP contribution in [-0.4, -0.2) is 47.1 Å². The molecule has 1 saturated heterocycles. The number of ether oxygens (including phenoxy) is 1. The molecule has 6 heteroatoms. The third-order valence-corrected chi connectivity index (χ3v) is 2.39. The molecule has 0 aromatic rings. The van der Waals surface area contributed by atoms with Gasteiger partial charge in [-0.25, -0.2) is 0 Å². The van der Waals surface area contributed by atoms with E-state index in [4.69, 9.17) is 15.7 Å². The smallest absolute Gasteiger partial charge is 0.230 e. The zero-order valence-electron chi connectivity index (χ0n) is 9.01. The Morgan fingerprint density at radius 3 is 2.93 bits per heavy atom. The standard InChI is InChI=1S/C9H17N3O3/c1-6-5-15-7(2)4-12(6)9(13)3-8(10)11-14/h6-7,14H,3-5H2,1-2H3,(H2,10,11)/t6-,7+/m0/s1. The largest absolute Gasteiger partial charge is 0.409 e.